The molecule has 0 amide bonds. The third-order valence-electron chi connectivity index (χ3n) is 2.94. The maximum Gasteiger partial charge on any atom is 0.512 e. The van der Waals surface area contributed by atoms with Crippen molar-refractivity contribution >= 4 is 23.4 Å². The lowest BCUT2D eigenvalue weighted by Gasteiger charge is -2.12. The smallest absolute Gasteiger partial charge is 0.493 e. The summed E-state index contributed by atoms with van der Waals surface area (Å²) in [4.78, 5) is 14.5. The van der Waals surface area contributed by atoms with Crippen LogP contribution in [0.25, 0.3) is 11.3 Å². The van der Waals surface area contributed by atoms with Gasteiger partial charge in [-0.2, -0.15) is 0 Å². The van der Waals surface area contributed by atoms with Crippen LogP contribution in [0.2, 0.25) is 5.02 Å². The van der Waals surface area contributed by atoms with Crippen LogP contribution in [0.3, 0.4) is 0 Å². The van der Waals surface area contributed by atoms with Crippen LogP contribution in [-0.2, 0) is 6.67 Å². The predicted molar refractivity (Wildman–Crippen MR) is 79.1 cm³/mol. The summed E-state index contributed by atoms with van der Waals surface area (Å²) in [7, 11) is 1.20. The van der Waals surface area contributed by atoms with Gasteiger partial charge in [-0.05, 0) is 12.1 Å². The second-order valence-corrected chi connectivity index (χ2v) is 4.71. The van der Waals surface area contributed by atoms with Gasteiger partial charge in [0.15, 0.2) is 11.6 Å². The molecule has 0 bridgehead atoms. The average Bonchev–Trinajstić information content (AvgIpc) is 2.50. The van der Waals surface area contributed by atoms with Gasteiger partial charge in [0.2, 0.25) is 5.88 Å². The molecule has 0 unspecified atom stereocenters. The fourth-order valence-electron chi connectivity index (χ4n) is 1.93. The number of hydrogen-bond donors (Lipinski definition) is 2. The molecule has 1 aromatic carbocycles. The normalized spacial score (nSPS) is 10.4. The minimum atomic E-state index is -1.65. The molecule has 2 rings (SSSR count). The molecule has 6 nitrogen and oxygen atoms in total. The topological polar surface area (TPSA) is 94.7 Å². The molecule has 0 saturated heterocycles. The molecule has 0 fully saturated rings. The van der Waals surface area contributed by atoms with E-state index in [1.165, 1.54) is 25.3 Å². The highest BCUT2D eigenvalue weighted by atomic mass is 35.5. The Morgan fingerprint density at radius 3 is 2.74 bits per heavy atom. The van der Waals surface area contributed by atoms with E-state index in [1.54, 1.807) is 0 Å². The van der Waals surface area contributed by atoms with Crippen LogP contribution in [0.15, 0.2) is 18.2 Å². The number of anilines is 1. The number of ether oxygens (including phenoxy) is 2. The van der Waals surface area contributed by atoms with Crippen molar-refractivity contribution < 1.29 is 28.2 Å². The molecule has 0 spiro atoms. The Morgan fingerprint density at radius 2 is 2.17 bits per heavy atom. The van der Waals surface area contributed by atoms with E-state index in [-0.39, 0.29) is 33.3 Å². The summed E-state index contributed by atoms with van der Waals surface area (Å²) in [5, 5.41) is 8.43. The molecule has 0 aliphatic carbocycles. The minimum Gasteiger partial charge on any atom is -0.493 e. The first-order chi connectivity index (χ1) is 10.9. The molecule has 9 heteroatoms. The molecule has 0 atom stereocenters. The van der Waals surface area contributed by atoms with Crippen LogP contribution in [0, 0.1) is 5.82 Å². The summed E-state index contributed by atoms with van der Waals surface area (Å²) >= 11 is 5.80. The number of carboxylic acid groups (broad SMARTS) is 1. The molecule has 1 heterocycles. The number of halogens is 3. The monoisotopic (exact) mass is 344 g/mol. The summed E-state index contributed by atoms with van der Waals surface area (Å²) in [6.07, 6.45) is -1.65. The molecule has 3 N–H and O–H groups in total. The third kappa shape index (κ3) is 3.26. The van der Waals surface area contributed by atoms with Gasteiger partial charge in [-0.1, -0.05) is 17.7 Å². The van der Waals surface area contributed by atoms with Crippen LogP contribution < -0.4 is 15.2 Å². The predicted octanol–water partition coefficient (Wildman–Crippen LogP) is 3.66. The number of alkyl halides is 1. The molecular weight excluding hydrogens is 334 g/mol. The second-order valence-electron chi connectivity index (χ2n) is 4.34. The molecule has 23 heavy (non-hydrogen) atoms. The quantitative estimate of drug-likeness (QED) is 0.822. The number of nitrogens with two attached hydrogens (primary N) is 1. The third-order valence-corrected chi connectivity index (χ3v) is 3.32. The Hall–Kier alpha value is -2.61. The fraction of sp³-hybridized carbons (Fsp3) is 0.143. The number of methoxy groups -OCH3 is 1. The minimum absolute atomic E-state index is 0.0256. The second kappa shape index (κ2) is 6.66. The lowest BCUT2D eigenvalue weighted by atomic mass is 10.1. The fourth-order valence-corrected chi connectivity index (χ4v) is 2.07. The SMILES string of the molecule is COc1c(CF)ccc(-c2cc(N)c(Cl)c(OC(=O)O)n2)c1F. The average molecular weight is 345 g/mol. The molecule has 0 saturated carbocycles. The number of carbonyl (C=O) groups is 1. The van der Waals surface area contributed by atoms with E-state index in [0.29, 0.717) is 0 Å². The Kier molecular flexibility index (Phi) is 4.85. The molecule has 1 aromatic heterocycles. The van der Waals surface area contributed by atoms with E-state index >= 15 is 0 Å². The summed E-state index contributed by atoms with van der Waals surface area (Å²) in [5.74, 6) is -1.62. The largest absolute Gasteiger partial charge is 0.512 e. The molecule has 0 aliphatic rings. The Bertz CT molecular complexity index is 771. The van der Waals surface area contributed by atoms with Crippen LogP contribution >= 0.6 is 11.6 Å². The van der Waals surface area contributed by atoms with Gasteiger partial charge < -0.3 is 20.3 Å². The van der Waals surface area contributed by atoms with E-state index in [9.17, 15) is 13.6 Å². The van der Waals surface area contributed by atoms with Crippen LogP contribution in [0.5, 0.6) is 11.6 Å². The number of nitrogen functional groups attached to an aromatic ring is 1. The number of nitrogens with zero attached hydrogens (tertiary/aromatic N) is 1. The van der Waals surface area contributed by atoms with Crippen molar-refractivity contribution in [2.45, 2.75) is 6.67 Å². The van der Waals surface area contributed by atoms with Crippen molar-refractivity contribution in [2.75, 3.05) is 12.8 Å². The number of benzene rings is 1. The van der Waals surface area contributed by atoms with Crippen molar-refractivity contribution in [3.63, 3.8) is 0 Å². The van der Waals surface area contributed by atoms with Gasteiger partial charge in [-0.25, -0.2) is 18.6 Å². The molecule has 0 aliphatic heterocycles. The zero-order chi connectivity index (χ0) is 17.1. The lowest BCUT2D eigenvalue weighted by molar-refractivity contribution is 0.142. The summed E-state index contributed by atoms with van der Waals surface area (Å²) in [6, 6.07) is 3.83. The first kappa shape index (κ1) is 16.8. The van der Waals surface area contributed by atoms with E-state index in [0.717, 1.165) is 0 Å². The van der Waals surface area contributed by atoms with E-state index in [2.05, 4.69) is 9.72 Å². The molecule has 2 aromatic rings. The van der Waals surface area contributed by atoms with Crippen molar-refractivity contribution in [1.82, 2.24) is 4.98 Å². The van der Waals surface area contributed by atoms with Gasteiger partial charge in [0.1, 0.15) is 11.7 Å². The van der Waals surface area contributed by atoms with Gasteiger partial charge in [0, 0.05) is 11.1 Å². The van der Waals surface area contributed by atoms with Gasteiger partial charge in [-0.15, -0.1) is 0 Å². The Morgan fingerprint density at radius 1 is 1.48 bits per heavy atom. The number of rotatable bonds is 4. The highest BCUT2D eigenvalue weighted by Crippen LogP contribution is 2.36. The highest BCUT2D eigenvalue weighted by molar-refractivity contribution is 6.34. The molecule has 0 radical (unpaired) electrons. The van der Waals surface area contributed by atoms with Crippen molar-refractivity contribution in [3.8, 4) is 22.9 Å². The van der Waals surface area contributed by atoms with Crippen LogP contribution in [0.4, 0.5) is 19.3 Å². The number of pyridine rings is 1. The maximum absolute atomic E-state index is 14.5. The highest BCUT2D eigenvalue weighted by Gasteiger charge is 2.20. The van der Waals surface area contributed by atoms with Gasteiger partial charge in [-0.3, -0.25) is 0 Å². The first-order valence-corrected chi connectivity index (χ1v) is 6.55. The number of aromatic nitrogens is 1. The maximum atomic E-state index is 14.5. The van der Waals surface area contributed by atoms with Gasteiger partial charge in [0.05, 0.1) is 18.5 Å². The summed E-state index contributed by atoms with van der Waals surface area (Å²) in [5.41, 5.74) is 5.51. The van der Waals surface area contributed by atoms with Gasteiger partial charge >= 0.3 is 6.16 Å². The summed E-state index contributed by atoms with van der Waals surface area (Å²) < 4.78 is 36.6. The van der Waals surface area contributed by atoms with Crippen molar-refractivity contribution in [2.24, 2.45) is 0 Å². The van der Waals surface area contributed by atoms with Crippen LogP contribution in [-0.4, -0.2) is 23.4 Å². The number of hydrogen-bond acceptors (Lipinski definition) is 5. The van der Waals surface area contributed by atoms with Crippen LogP contribution in [0.1, 0.15) is 5.56 Å². The zero-order valence-electron chi connectivity index (χ0n) is 11.8. The van der Waals surface area contributed by atoms with Crippen molar-refractivity contribution in [3.05, 3.63) is 34.6 Å². The van der Waals surface area contributed by atoms with Gasteiger partial charge in [0.25, 0.3) is 0 Å². The first-order valence-electron chi connectivity index (χ1n) is 6.17. The zero-order valence-corrected chi connectivity index (χ0v) is 12.5. The van der Waals surface area contributed by atoms with Crippen molar-refractivity contribution in [1.29, 1.82) is 0 Å². The molecular formula is C14H11ClF2N2O4. The lowest BCUT2D eigenvalue weighted by Crippen LogP contribution is -2.07. The standard InChI is InChI=1S/C14H11ClF2N2O4/c1-22-12-6(5-16)2-3-7(11(12)17)9-4-8(18)10(15)13(19-9)23-14(20)21/h2-4H,5H2,1H3,(H2,18,19)(H,20,21). The van der Waals surface area contributed by atoms with E-state index < -0.39 is 24.5 Å². The Balaban J connectivity index is 2.63. The van der Waals surface area contributed by atoms with E-state index in [1.807, 2.05) is 0 Å². The molecule has 122 valence electrons. The van der Waals surface area contributed by atoms with E-state index in [4.69, 9.17) is 27.2 Å². The Labute approximate surface area is 134 Å². The summed E-state index contributed by atoms with van der Waals surface area (Å²) in [6.45, 7) is -0.913.